The number of fused-ring (bicyclic) bond motifs is 1. The maximum absolute atomic E-state index is 12.6. The first-order chi connectivity index (χ1) is 9.99. The van der Waals surface area contributed by atoms with Crippen molar-refractivity contribution < 1.29 is 9.90 Å². The highest BCUT2D eigenvalue weighted by Crippen LogP contribution is 2.25. The number of aryl methyl sites for hydroxylation is 1. The standard InChI is InChI=1S/C15H17N3O3/c1-9-2-3-12-11(13(9)16)5-7-18(14(12)19)10-4-6-17(8-10)15(20)21/h2-3,5,7,10H,4,6,8,16H2,1H3,(H,20,21). The highest BCUT2D eigenvalue weighted by Gasteiger charge is 2.27. The van der Waals surface area contributed by atoms with Crippen LogP contribution in [-0.4, -0.2) is 33.8 Å². The summed E-state index contributed by atoms with van der Waals surface area (Å²) in [6.45, 7) is 2.71. The molecular weight excluding hydrogens is 270 g/mol. The summed E-state index contributed by atoms with van der Waals surface area (Å²) in [5, 5.41) is 10.3. The van der Waals surface area contributed by atoms with Crippen LogP contribution in [0.5, 0.6) is 0 Å². The van der Waals surface area contributed by atoms with Crippen LogP contribution in [0.2, 0.25) is 0 Å². The number of likely N-dealkylation sites (tertiary alicyclic amines) is 1. The molecule has 1 atom stereocenters. The van der Waals surface area contributed by atoms with Crippen molar-refractivity contribution >= 4 is 22.6 Å². The molecule has 0 bridgehead atoms. The first kappa shape index (κ1) is 13.5. The molecule has 1 saturated heterocycles. The zero-order chi connectivity index (χ0) is 15.1. The Labute approximate surface area is 121 Å². The van der Waals surface area contributed by atoms with Gasteiger partial charge in [0, 0.05) is 35.7 Å². The Balaban J connectivity index is 2.06. The molecule has 6 heteroatoms. The maximum atomic E-state index is 12.6. The molecule has 3 N–H and O–H groups in total. The van der Waals surface area contributed by atoms with E-state index in [9.17, 15) is 9.59 Å². The molecule has 0 radical (unpaired) electrons. The number of anilines is 1. The van der Waals surface area contributed by atoms with E-state index in [1.807, 2.05) is 19.1 Å². The van der Waals surface area contributed by atoms with Crippen molar-refractivity contribution in [3.05, 3.63) is 40.3 Å². The highest BCUT2D eigenvalue weighted by molar-refractivity contribution is 5.93. The molecule has 2 heterocycles. The van der Waals surface area contributed by atoms with Gasteiger partial charge in [0.15, 0.2) is 0 Å². The highest BCUT2D eigenvalue weighted by atomic mass is 16.4. The van der Waals surface area contributed by atoms with Crippen molar-refractivity contribution in [3.63, 3.8) is 0 Å². The summed E-state index contributed by atoms with van der Waals surface area (Å²) in [5.74, 6) is 0. The normalized spacial score (nSPS) is 18.3. The lowest BCUT2D eigenvalue weighted by molar-refractivity contribution is 0.154. The zero-order valence-electron chi connectivity index (χ0n) is 11.7. The number of hydrogen-bond acceptors (Lipinski definition) is 3. The van der Waals surface area contributed by atoms with Gasteiger partial charge >= 0.3 is 6.09 Å². The van der Waals surface area contributed by atoms with Crippen LogP contribution in [0.3, 0.4) is 0 Å². The summed E-state index contributed by atoms with van der Waals surface area (Å²) in [5.41, 5.74) is 7.47. The number of aromatic nitrogens is 1. The van der Waals surface area contributed by atoms with Gasteiger partial charge in [-0.15, -0.1) is 0 Å². The van der Waals surface area contributed by atoms with E-state index in [2.05, 4.69) is 0 Å². The monoisotopic (exact) mass is 287 g/mol. The molecule has 1 amide bonds. The van der Waals surface area contributed by atoms with Crippen LogP contribution in [0.15, 0.2) is 29.2 Å². The molecule has 1 aromatic heterocycles. The van der Waals surface area contributed by atoms with Crippen molar-refractivity contribution in [1.82, 2.24) is 9.47 Å². The fourth-order valence-electron chi connectivity index (χ4n) is 2.90. The molecule has 0 spiro atoms. The smallest absolute Gasteiger partial charge is 0.407 e. The largest absolute Gasteiger partial charge is 0.465 e. The molecule has 1 aromatic carbocycles. The Bertz CT molecular complexity index is 782. The number of amides is 1. The molecule has 1 unspecified atom stereocenters. The number of benzene rings is 1. The van der Waals surface area contributed by atoms with Crippen LogP contribution in [0, 0.1) is 6.92 Å². The summed E-state index contributed by atoms with van der Waals surface area (Å²) in [6, 6.07) is 5.34. The molecule has 6 nitrogen and oxygen atoms in total. The average Bonchev–Trinajstić information content (AvgIpc) is 2.93. The van der Waals surface area contributed by atoms with Crippen LogP contribution >= 0.6 is 0 Å². The summed E-state index contributed by atoms with van der Waals surface area (Å²) in [7, 11) is 0. The molecule has 110 valence electrons. The fraction of sp³-hybridized carbons (Fsp3) is 0.333. The first-order valence-electron chi connectivity index (χ1n) is 6.87. The van der Waals surface area contributed by atoms with Crippen LogP contribution in [0.4, 0.5) is 10.5 Å². The second-order valence-electron chi connectivity index (χ2n) is 5.46. The Morgan fingerprint density at radius 3 is 2.76 bits per heavy atom. The summed E-state index contributed by atoms with van der Waals surface area (Å²) >= 11 is 0. The van der Waals surface area contributed by atoms with Crippen LogP contribution in [0.1, 0.15) is 18.0 Å². The average molecular weight is 287 g/mol. The van der Waals surface area contributed by atoms with E-state index in [1.54, 1.807) is 16.8 Å². The molecule has 21 heavy (non-hydrogen) atoms. The number of nitrogen functional groups attached to an aromatic ring is 1. The van der Waals surface area contributed by atoms with E-state index < -0.39 is 6.09 Å². The molecule has 0 aliphatic carbocycles. The van der Waals surface area contributed by atoms with E-state index >= 15 is 0 Å². The zero-order valence-corrected chi connectivity index (χ0v) is 11.7. The predicted molar refractivity (Wildman–Crippen MR) is 80.6 cm³/mol. The number of pyridine rings is 1. The van der Waals surface area contributed by atoms with Gasteiger partial charge in [-0.2, -0.15) is 0 Å². The van der Waals surface area contributed by atoms with Crippen LogP contribution in [-0.2, 0) is 0 Å². The van der Waals surface area contributed by atoms with Gasteiger partial charge in [-0.25, -0.2) is 4.79 Å². The van der Waals surface area contributed by atoms with Crippen molar-refractivity contribution in [2.24, 2.45) is 0 Å². The maximum Gasteiger partial charge on any atom is 0.407 e. The van der Waals surface area contributed by atoms with Gasteiger partial charge in [-0.3, -0.25) is 4.79 Å². The van der Waals surface area contributed by atoms with Gasteiger partial charge in [-0.1, -0.05) is 6.07 Å². The number of hydrogen-bond donors (Lipinski definition) is 2. The summed E-state index contributed by atoms with van der Waals surface area (Å²) in [6.07, 6.45) is 1.43. The van der Waals surface area contributed by atoms with Crippen LogP contribution in [0.25, 0.3) is 10.8 Å². The Morgan fingerprint density at radius 2 is 2.10 bits per heavy atom. The molecular formula is C15H17N3O3. The van der Waals surface area contributed by atoms with Gasteiger partial charge in [0.25, 0.3) is 5.56 Å². The van der Waals surface area contributed by atoms with Gasteiger partial charge in [0.2, 0.25) is 0 Å². The second-order valence-corrected chi connectivity index (χ2v) is 5.46. The predicted octanol–water partition coefficient (Wildman–Crippen LogP) is 1.82. The van der Waals surface area contributed by atoms with E-state index in [-0.39, 0.29) is 11.6 Å². The van der Waals surface area contributed by atoms with Crippen molar-refractivity contribution in [2.45, 2.75) is 19.4 Å². The van der Waals surface area contributed by atoms with Crippen molar-refractivity contribution in [1.29, 1.82) is 0 Å². The quantitative estimate of drug-likeness (QED) is 0.783. The molecule has 1 fully saturated rings. The van der Waals surface area contributed by atoms with Gasteiger partial charge in [0.05, 0.1) is 6.04 Å². The lowest BCUT2D eigenvalue weighted by atomic mass is 10.1. The molecule has 2 aromatic rings. The minimum absolute atomic E-state index is 0.111. The van der Waals surface area contributed by atoms with Gasteiger partial charge < -0.3 is 20.3 Å². The minimum atomic E-state index is -0.939. The number of nitrogens with two attached hydrogens (primary N) is 1. The van der Waals surface area contributed by atoms with Gasteiger partial charge in [0.1, 0.15) is 0 Å². The molecule has 0 saturated carbocycles. The number of carboxylic acid groups (broad SMARTS) is 1. The molecule has 3 rings (SSSR count). The lowest BCUT2D eigenvalue weighted by Crippen LogP contribution is -2.30. The summed E-state index contributed by atoms with van der Waals surface area (Å²) in [4.78, 5) is 24.9. The van der Waals surface area contributed by atoms with Crippen molar-refractivity contribution in [3.8, 4) is 0 Å². The van der Waals surface area contributed by atoms with E-state index in [1.165, 1.54) is 4.90 Å². The van der Waals surface area contributed by atoms with Crippen molar-refractivity contribution in [2.75, 3.05) is 18.8 Å². The Hall–Kier alpha value is -2.50. The molecule has 1 aliphatic rings. The lowest BCUT2D eigenvalue weighted by Gasteiger charge is -2.16. The van der Waals surface area contributed by atoms with E-state index in [0.29, 0.717) is 30.6 Å². The second kappa shape index (κ2) is 4.80. The fourth-order valence-corrected chi connectivity index (χ4v) is 2.90. The summed E-state index contributed by atoms with van der Waals surface area (Å²) < 4.78 is 1.63. The number of nitrogens with zero attached hydrogens (tertiary/aromatic N) is 2. The molecule has 1 aliphatic heterocycles. The first-order valence-corrected chi connectivity index (χ1v) is 6.87. The van der Waals surface area contributed by atoms with E-state index in [4.69, 9.17) is 10.8 Å². The third-order valence-electron chi connectivity index (χ3n) is 4.20. The van der Waals surface area contributed by atoms with E-state index in [0.717, 1.165) is 10.9 Å². The minimum Gasteiger partial charge on any atom is -0.465 e. The van der Waals surface area contributed by atoms with Crippen LogP contribution < -0.4 is 11.3 Å². The SMILES string of the molecule is Cc1ccc2c(=O)n(C3CCN(C(=O)O)C3)ccc2c1N. The topological polar surface area (TPSA) is 88.6 Å². The number of rotatable bonds is 1. The Kier molecular flexibility index (Phi) is 3.08. The third kappa shape index (κ3) is 2.12. The number of carbonyl (C=O) groups is 1. The third-order valence-corrected chi connectivity index (χ3v) is 4.20. The van der Waals surface area contributed by atoms with Gasteiger partial charge in [-0.05, 0) is 31.0 Å². The Morgan fingerprint density at radius 1 is 1.33 bits per heavy atom.